The topological polar surface area (TPSA) is 80.6 Å². The number of carbonyl (C=O) groups excluding carboxylic acids is 2. The molecule has 1 aromatic heterocycles. The van der Waals surface area contributed by atoms with E-state index in [4.69, 9.17) is 9.15 Å². The fourth-order valence-electron chi connectivity index (χ4n) is 3.36. The summed E-state index contributed by atoms with van der Waals surface area (Å²) in [5.41, 5.74) is 2.26. The van der Waals surface area contributed by atoms with Gasteiger partial charge in [-0.2, -0.15) is 0 Å². The normalized spacial score (nSPS) is 10.7. The Morgan fingerprint density at radius 2 is 1.69 bits per heavy atom. The number of nitrogens with one attached hydrogen (secondary N) is 2. The Morgan fingerprint density at radius 1 is 0.906 bits per heavy atom. The van der Waals surface area contributed by atoms with Gasteiger partial charge in [0.15, 0.2) is 5.76 Å². The Labute approximate surface area is 186 Å². The Kier molecular flexibility index (Phi) is 6.51. The van der Waals surface area contributed by atoms with Gasteiger partial charge in [-0.25, -0.2) is 0 Å². The number of hydrogen-bond donors (Lipinski definition) is 2. The zero-order valence-corrected chi connectivity index (χ0v) is 17.8. The first-order chi connectivity index (χ1) is 15.7. The third kappa shape index (κ3) is 4.81. The van der Waals surface area contributed by atoms with Gasteiger partial charge in [-0.05, 0) is 42.8 Å². The first-order valence-electron chi connectivity index (χ1n) is 10.5. The van der Waals surface area contributed by atoms with E-state index in [1.54, 1.807) is 24.3 Å². The number of carbonyl (C=O) groups is 2. The number of benzene rings is 3. The smallest absolute Gasteiger partial charge is 0.291 e. The van der Waals surface area contributed by atoms with E-state index in [1.807, 2.05) is 61.5 Å². The molecule has 4 rings (SSSR count). The van der Waals surface area contributed by atoms with E-state index in [-0.39, 0.29) is 18.3 Å². The van der Waals surface area contributed by atoms with E-state index < -0.39 is 5.91 Å². The van der Waals surface area contributed by atoms with Crippen LogP contribution in [0.15, 0.2) is 83.3 Å². The maximum absolute atomic E-state index is 13.1. The average Bonchev–Trinajstić information content (AvgIpc) is 3.21. The van der Waals surface area contributed by atoms with Crippen LogP contribution < -0.4 is 15.4 Å². The highest BCUT2D eigenvalue weighted by Crippen LogP contribution is 2.28. The SMILES string of the molecule is CCCNC(=O)c1cccc(NC(=O)c2oc3ccccc3c2COc2ccccc2)c1. The molecule has 0 aliphatic rings. The molecular weight excluding hydrogens is 404 g/mol. The molecule has 0 saturated carbocycles. The van der Waals surface area contributed by atoms with Crippen molar-refractivity contribution in [3.8, 4) is 5.75 Å². The van der Waals surface area contributed by atoms with Crippen molar-refractivity contribution in [2.75, 3.05) is 11.9 Å². The summed E-state index contributed by atoms with van der Waals surface area (Å²) in [6.45, 7) is 2.77. The first-order valence-corrected chi connectivity index (χ1v) is 10.5. The van der Waals surface area contributed by atoms with Crippen LogP contribution in [0.4, 0.5) is 5.69 Å². The third-order valence-corrected chi connectivity index (χ3v) is 4.95. The highest BCUT2D eigenvalue weighted by atomic mass is 16.5. The van der Waals surface area contributed by atoms with Gasteiger partial charge in [0.1, 0.15) is 17.9 Å². The standard InChI is InChI=1S/C26H24N2O4/c1-2-15-27-25(29)18-9-8-10-19(16-18)28-26(30)24-22(17-31-20-11-4-3-5-12-20)21-13-6-7-14-23(21)32-24/h3-14,16H,2,15,17H2,1H3,(H,27,29)(H,28,30). The fourth-order valence-corrected chi connectivity index (χ4v) is 3.36. The molecule has 0 atom stereocenters. The van der Waals surface area contributed by atoms with E-state index in [0.29, 0.717) is 34.7 Å². The number of fused-ring (bicyclic) bond motifs is 1. The number of furan rings is 1. The molecule has 2 amide bonds. The summed E-state index contributed by atoms with van der Waals surface area (Å²) in [4.78, 5) is 25.4. The van der Waals surface area contributed by atoms with Crippen LogP contribution in [-0.4, -0.2) is 18.4 Å². The van der Waals surface area contributed by atoms with Crippen molar-refractivity contribution >= 4 is 28.5 Å². The molecule has 4 aromatic rings. The lowest BCUT2D eigenvalue weighted by molar-refractivity contribution is 0.0951. The highest BCUT2D eigenvalue weighted by molar-refractivity contribution is 6.07. The Bertz CT molecular complexity index is 1230. The first kappa shape index (κ1) is 21.2. The molecule has 6 nitrogen and oxygen atoms in total. The van der Waals surface area contributed by atoms with Crippen molar-refractivity contribution in [2.45, 2.75) is 20.0 Å². The molecule has 2 N–H and O–H groups in total. The molecule has 0 unspecified atom stereocenters. The van der Waals surface area contributed by atoms with Crippen LogP contribution in [0.3, 0.4) is 0 Å². The van der Waals surface area contributed by atoms with Crippen LogP contribution in [0.2, 0.25) is 0 Å². The molecule has 6 heteroatoms. The van der Waals surface area contributed by atoms with Gasteiger partial charge in [0.05, 0.1) is 0 Å². The van der Waals surface area contributed by atoms with Gasteiger partial charge in [0, 0.05) is 28.7 Å². The summed E-state index contributed by atoms with van der Waals surface area (Å²) in [5, 5.41) is 6.49. The second kappa shape index (κ2) is 9.83. The number of hydrogen-bond acceptors (Lipinski definition) is 4. The zero-order chi connectivity index (χ0) is 22.3. The summed E-state index contributed by atoms with van der Waals surface area (Å²) < 4.78 is 11.8. The van der Waals surface area contributed by atoms with Gasteiger partial charge in [0.2, 0.25) is 0 Å². The summed E-state index contributed by atoms with van der Waals surface area (Å²) in [7, 11) is 0. The van der Waals surface area contributed by atoms with E-state index in [2.05, 4.69) is 10.6 Å². The summed E-state index contributed by atoms with van der Waals surface area (Å²) in [5.74, 6) is 0.306. The van der Waals surface area contributed by atoms with E-state index in [9.17, 15) is 9.59 Å². The minimum atomic E-state index is -0.404. The molecule has 0 aliphatic heterocycles. The van der Waals surface area contributed by atoms with Crippen LogP contribution in [0, 0.1) is 0 Å². The van der Waals surface area contributed by atoms with Crippen LogP contribution >= 0.6 is 0 Å². The summed E-state index contributed by atoms with van der Waals surface area (Å²) >= 11 is 0. The number of rotatable bonds is 8. The minimum Gasteiger partial charge on any atom is -0.489 e. The molecule has 0 saturated heterocycles. The lowest BCUT2D eigenvalue weighted by Gasteiger charge is -2.09. The largest absolute Gasteiger partial charge is 0.489 e. The quantitative estimate of drug-likeness (QED) is 0.394. The molecular formula is C26H24N2O4. The van der Waals surface area contributed by atoms with Gasteiger partial charge in [-0.3, -0.25) is 9.59 Å². The van der Waals surface area contributed by atoms with Gasteiger partial charge in [-0.1, -0.05) is 49.4 Å². The van der Waals surface area contributed by atoms with E-state index >= 15 is 0 Å². The molecule has 0 radical (unpaired) electrons. The third-order valence-electron chi connectivity index (χ3n) is 4.95. The summed E-state index contributed by atoms with van der Waals surface area (Å²) in [6, 6.07) is 23.7. The van der Waals surface area contributed by atoms with Crippen molar-refractivity contribution in [1.29, 1.82) is 0 Å². The lowest BCUT2D eigenvalue weighted by atomic mass is 10.1. The maximum atomic E-state index is 13.1. The van der Waals surface area contributed by atoms with Gasteiger partial charge >= 0.3 is 0 Å². The molecule has 3 aromatic carbocycles. The molecule has 0 fully saturated rings. The zero-order valence-electron chi connectivity index (χ0n) is 17.8. The second-order valence-electron chi connectivity index (χ2n) is 7.30. The van der Waals surface area contributed by atoms with Crippen molar-refractivity contribution in [3.05, 3.63) is 95.7 Å². The predicted octanol–water partition coefficient (Wildman–Crippen LogP) is 5.40. The molecule has 1 heterocycles. The van der Waals surface area contributed by atoms with Crippen LogP contribution in [0.1, 0.15) is 39.8 Å². The Morgan fingerprint density at radius 3 is 2.50 bits per heavy atom. The van der Waals surface area contributed by atoms with Crippen LogP contribution in [0.25, 0.3) is 11.0 Å². The number of ether oxygens (including phenoxy) is 1. The van der Waals surface area contributed by atoms with Crippen molar-refractivity contribution in [2.24, 2.45) is 0 Å². The van der Waals surface area contributed by atoms with Crippen molar-refractivity contribution < 1.29 is 18.7 Å². The van der Waals surface area contributed by atoms with Crippen LogP contribution in [0.5, 0.6) is 5.75 Å². The molecule has 162 valence electrons. The number of para-hydroxylation sites is 2. The van der Waals surface area contributed by atoms with Gasteiger partial charge < -0.3 is 19.8 Å². The van der Waals surface area contributed by atoms with Gasteiger partial charge in [-0.15, -0.1) is 0 Å². The predicted molar refractivity (Wildman–Crippen MR) is 124 cm³/mol. The number of amides is 2. The minimum absolute atomic E-state index is 0.177. The Hall–Kier alpha value is -4.06. The molecule has 0 bridgehead atoms. The van der Waals surface area contributed by atoms with Crippen molar-refractivity contribution in [1.82, 2.24) is 5.32 Å². The lowest BCUT2D eigenvalue weighted by Crippen LogP contribution is -2.24. The average molecular weight is 428 g/mol. The molecule has 0 aliphatic carbocycles. The molecule has 0 spiro atoms. The summed E-state index contributed by atoms with van der Waals surface area (Å²) in [6.07, 6.45) is 0.849. The fraction of sp³-hybridized carbons (Fsp3) is 0.154. The van der Waals surface area contributed by atoms with E-state index in [0.717, 1.165) is 11.8 Å². The maximum Gasteiger partial charge on any atom is 0.291 e. The molecule has 32 heavy (non-hydrogen) atoms. The van der Waals surface area contributed by atoms with Crippen LogP contribution in [-0.2, 0) is 6.61 Å². The monoisotopic (exact) mass is 428 g/mol. The highest BCUT2D eigenvalue weighted by Gasteiger charge is 2.21. The second-order valence-corrected chi connectivity index (χ2v) is 7.30. The van der Waals surface area contributed by atoms with Gasteiger partial charge in [0.25, 0.3) is 11.8 Å². The van der Waals surface area contributed by atoms with Crippen molar-refractivity contribution in [3.63, 3.8) is 0 Å². The number of anilines is 1. The Balaban J connectivity index is 1.58. The van der Waals surface area contributed by atoms with E-state index in [1.165, 1.54) is 0 Å².